The van der Waals surface area contributed by atoms with E-state index in [1.54, 1.807) is 0 Å². The minimum atomic E-state index is 1.32. The highest BCUT2D eigenvalue weighted by molar-refractivity contribution is 4.63. The standard InChI is InChI=1S/C12H27N/c1-4-7-10-13(11-8-5-2)12-9-6-3/h4-12H2,1-3H3/q+1. The number of rotatable bonds is 9. The minimum Gasteiger partial charge on any atom is -0.170 e. The molecule has 0 atom stereocenters. The third-order valence-corrected chi connectivity index (χ3v) is 2.48. The van der Waals surface area contributed by atoms with Gasteiger partial charge in [-0.3, -0.25) is 0 Å². The van der Waals surface area contributed by atoms with Crippen molar-refractivity contribution in [2.45, 2.75) is 59.3 Å². The quantitative estimate of drug-likeness (QED) is 0.485. The minimum absolute atomic E-state index is 1.32. The van der Waals surface area contributed by atoms with Crippen molar-refractivity contribution in [1.82, 2.24) is 4.90 Å². The van der Waals surface area contributed by atoms with E-state index in [-0.39, 0.29) is 0 Å². The topological polar surface area (TPSA) is 5.90 Å². The lowest BCUT2D eigenvalue weighted by molar-refractivity contribution is 0.383. The summed E-state index contributed by atoms with van der Waals surface area (Å²) >= 11 is 0. The van der Waals surface area contributed by atoms with Crippen LogP contribution < -0.4 is 4.90 Å². The summed E-state index contributed by atoms with van der Waals surface area (Å²) in [5, 5.41) is 0. The Balaban J connectivity index is 3.47. The fourth-order valence-corrected chi connectivity index (χ4v) is 1.48. The molecule has 0 amide bonds. The fourth-order valence-electron chi connectivity index (χ4n) is 1.48. The zero-order valence-electron chi connectivity index (χ0n) is 9.81. The molecule has 0 aromatic rings. The van der Waals surface area contributed by atoms with Crippen LogP contribution in [0, 0.1) is 0 Å². The van der Waals surface area contributed by atoms with Crippen molar-refractivity contribution in [3.05, 3.63) is 0 Å². The average molecular weight is 185 g/mol. The van der Waals surface area contributed by atoms with Crippen LogP contribution in [0.5, 0.6) is 0 Å². The van der Waals surface area contributed by atoms with Crippen molar-refractivity contribution in [1.29, 1.82) is 0 Å². The molecule has 0 heterocycles. The summed E-state index contributed by atoms with van der Waals surface area (Å²) in [4.78, 5) is 2.64. The van der Waals surface area contributed by atoms with E-state index in [1.165, 1.54) is 58.2 Å². The molecule has 0 saturated heterocycles. The van der Waals surface area contributed by atoms with Gasteiger partial charge in [-0.15, -0.1) is 0 Å². The average Bonchev–Trinajstić information content (AvgIpc) is 2.17. The van der Waals surface area contributed by atoms with Crippen molar-refractivity contribution in [2.24, 2.45) is 0 Å². The number of hydrogen-bond acceptors (Lipinski definition) is 1. The van der Waals surface area contributed by atoms with Gasteiger partial charge in [0.15, 0.2) is 0 Å². The van der Waals surface area contributed by atoms with Crippen LogP contribution in [-0.4, -0.2) is 19.6 Å². The molecule has 0 rings (SSSR count). The zero-order valence-corrected chi connectivity index (χ0v) is 9.81. The van der Waals surface area contributed by atoms with Crippen molar-refractivity contribution in [3.8, 4) is 0 Å². The van der Waals surface area contributed by atoms with Crippen LogP contribution in [0.25, 0.3) is 0 Å². The molecule has 79 valence electrons. The van der Waals surface area contributed by atoms with Crippen molar-refractivity contribution in [2.75, 3.05) is 19.6 Å². The second-order valence-electron chi connectivity index (χ2n) is 3.90. The summed E-state index contributed by atoms with van der Waals surface area (Å²) in [7, 11) is 0. The van der Waals surface area contributed by atoms with E-state index in [9.17, 15) is 0 Å². The highest BCUT2D eigenvalue weighted by Gasteiger charge is 2.11. The molecular weight excluding hydrogens is 158 g/mol. The molecular formula is C12H27N+. The molecule has 0 aromatic carbocycles. The first kappa shape index (κ1) is 13.0. The van der Waals surface area contributed by atoms with Crippen LogP contribution >= 0.6 is 0 Å². The molecule has 1 radical (unpaired) electrons. The Labute approximate surface area is 84.5 Å². The molecule has 0 aliphatic heterocycles. The van der Waals surface area contributed by atoms with Crippen molar-refractivity contribution < 1.29 is 0 Å². The number of unbranched alkanes of at least 4 members (excludes halogenated alkanes) is 3. The highest BCUT2D eigenvalue weighted by atomic mass is 15.1. The molecule has 0 aliphatic carbocycles. The maximum atomic E-state index is 2.64. The predicted octanol–water partition coefficient (Wildman–Crippen LogP) is 3.53. The Bertz CT molecular complexity index is 72.1. The second kappa shape index (κ2) is 10.0. The molecule has 13 heavy (non-hydrogen) atoms. The molecule has 0 bridgehead atoms. The van der Waals surface area contributed by atoms with Gasteiger partial charge in [-0.2, -0.15) is 4.90 Å². The summed E-state index contributed by atoms with van der Waals surface area (Å²) in [6.07, 6.45) is 8.09. The largest absolute Gasteiger partial charge is 0.170 e. The highest BCUT2D eigenvalue weighted by Crippen LogP contribution is 1.98. The van der Waals surface area contributed by atoms with Crippen LogP contribution in [0.15, 0.2) is 0 Å². The first-order valence-electron chi connectivity index (χ1n) is 6.07. The molecule has 0 fully saturated rings. The van der Waals surface area contributed by atoms with E-state index < -0.39 is 0 Å². The molecule has 0 N–H and O–H groups in total. The third kappa shape index (κ3) is 8.29. The summed E-state index contributed by atoms with van der Waals surface area (Å²) in [5.74, 6) is 0. The fraction of sp³-hybridized carbons (Fsp3) is 1.00. The van der Waals surface area contributed by atoms with Crippen LogP contribution in [0.1, 0.15) is 59.3 Å². The number of hydrogen-bond donors (Lipinski definition) is 0. The van der Waals surface area contributed by atoms with Gasteiger partial charge in [0.05, 0.1) is 0 Å². The SMILES string of the molecule is CCCC[N+](CCCC)CCCC. The predicted molar refractivity (Wildman–Crippen MR) is 61.5 cm³/mol. The van der Waals surface area contributed by atoms with Crippen LogP contribution in [0.4, 0.5) is 0 Å². The summed E-state index contributed by atoms with van der Waals surface area (Å²) in [5.41, 5.74) is 0. The van der Waals surface area contributed by atoms with Gasteiger partial charge in [-0.05, 0) is 0 Å². The van der Waals surface area contributed by atoms with Crippen molar-refractivity contribution in [3.63, 3.8) is 0 Å². The van der Waals surface area contributed by atoms with Gasteiger partial charge in [-0.1, -0.05) is 40.0 Å². The molecule has 0 spiro atoms. The summed E-state index contributed by atoms with van der Waals surface area (Å²) < 4.78 is 0. The van der Waals surface area contributed by atoms with Gasteiger partial charge in [0.1, 0.15) is 19.6 Å². The Morgan fingerprint density at radius 2 is 0.923 bits per heavy atom. The summed E-state index contributed by atoms with van der Waals surface area (Å²) in [6.45, 7) is 10.8. The number of nitrogens with zero attached hydrogens (tertiary/aromatic N) is 1. The molecule has 0 aromatic heterocycles. The molecule has 0 unspecified atom stereocenters. The van der Waals surface area contributed by atoms with E-state index in [4.69, 9.17) is 0 Å². The van der Waals surface area contributed by atoms with E-state index in [1.807, 2.05) is 0 Å². The smallest absolute Gasteiger partial charge is 0.122 e. The molecule has 0 saturated carbocycles. The van der Waals surface area contributed by atoms with Gasteiger partial charge < -0.3 is 0 Å². The van der Waals surface area contributed by atoms with E-state index in [0.29, 0.717) is 0 Å². The lowest BCUT2D eigenvalue weighted by atomic mass is 10.2. The van der Waals surface area contributed by atoms with E-state index in [2.05, 4.69) is 25.7 Å². The van der Waals surface area contributed by atoms with Crippen molar-refractivity contribution >= 4 is 0 Å². The van der Waals surface area contributed by atoms with Crippen LogP contribution in [-0.2, 0) is 0 Å². The maximum absolute atomic E-state index is 2.64. The Morgan fingerprint density at radius 1 is 0.615 bits per heavy atom. The van der Waals surface area contributed by atoms with Gasteiger partial charge >= 0.3 is 0 Å². The Morgan fingerprint density at radius 3 is 1.15 bits per heavy atom. The van der Waals surface area contributed by atoms with Crippen LogP contribution in [0.2, 0.25) is 0 Å². The van der Waals surface area contributed by atoms with E-state index >= 15 is 0 Å². The second-order valence-corrected chi connectivity index (χ2v) is 3.90. The Kier molecular flexibility index (Phi) is 10.0. The normalized spacial score (nSPS) is 11.1. The molecule has 0 aliphatic rings. The molecule has 1 nitrogen and oxygen atoms in total. The van der Waals surface area contributed by atoms with E-state index in [0.717, 1.165) is 0 Å². The van der Waals surface area contributed by atoms with Gasteiger partial charge in [-0.25, -0.2) is 0 Å². The summed E-state index contributed by atoms with van der Waals surface area (Å²) in [6, 6.07) is 0. The first-order chi connectivity index (χ1) is 6.35. The zero-order chi connectivity index (χ0) is 9.94. The Hall–Kier alpha value is -0.0400. The van der Waals surface area contributed by atoms with Gasteiger partial charge in [0, 0.05) is 19.3 Å². The van der Waals surface area contributed by atoms with Gasteiger partial charge in [0.25, 0.3) is 0 Å². The monoisotopic (exact) mass is 185 g/mol. The lowest BCUT2D eigenvalue weighted by Crippen LogP contribution is -2.33. The van der Waals surface area contributed by atoms with Gasteiger partial charge in [0.2, 0.25) is 0 Å². The third-order valence-electron chi connectivity index (χ3n) is 2.48. The first-order valence-corrected chi connectivity index (χ1v) is 6.07. The van der Waals surface area contributed by atoms with Crippen LogP contribution in [0.3, 0.4) is 0 Å². The maximum Gasteiger partial charge on any atom is 0.122 e. The lowest BCUT2D eigenvalue weighted by Gasteiger charge is -2.11. The molecule has 1 heteroatoms.